The maximum absolute atomic E-state index is 13.4. The molecule has 2 aromatic rings. The molecule has 3 rings (SSSR count). The van der Waals surface area contributed by atoms with Crippen LogP contribution < -0.4 is 5.32 Å². The predicted molar refractivity (Wildman–Crippen MR) is 117 cm³/mol. The van der Waals surface area contributed by atoms with Gasteiger partial charge in [0.15, 0.2) is 0 Å². The Morgan fingerprint density at radius 1 is 1.03 bits per heavy atom. The van der Waals surface area contributed by atoms with Gasteiger partial charge in [0.2, 0.25) is 10.0 Å². The van der Waals surface area contributed by atoms with Crippen molar-refractivity contribution >= 4 is 15.9 Å². The van der Waals surface area contributed by atoms with E-state index in [1.54, 1.807) is 26.0 Å². The van der Waals surface area contributed by atoms with E-state index >= 15 is 0 Å². The summed E-state index contributed by atoms with van der Waals surface area (Å²) in [7, 11) is -3.57. The van der Waals surface area contributed by atoms with E-state index in [-0.39, 0.29) is 22.0 Å². The third-order valence-corrected chi connectivity index (χ3v) is 8.02. The summed E-state index contributed by atoms with van der Waals surface area (Å²) in [5.41, 5.74) is 1.03. The Bertz CT molecular complexity index is 981. The Morgan fingerprint density at radius 2 is 1.61 bits per heavy atom. The van der Waals surface area contributed by atoms with Crippen molar-refractivity contribution in [2.75, 3.05) is 32.8 Å². The van der Waals surface area contributed by atoms with Crippen LogP contribution in [0.15, 0.2) is 53.4 Å². The molecule has 0 bridgehead atoms. The highest BCUT2D eigenvalue weighted by Gasteiger charge is 2.35. The van der Waals surface area contributed by atoms with Crippen molar-refractivity contribution in [1.29, 1.82) is 0 Å². The third kappa shape index (κ3) is 5.14. The van der Waals surface area contributed by atoms with E-state index in [0.717, 1.165) is 18.4 Å². The number of nitrogens with zero attached hydrogens (tertiary/aromatic N) is 1. The number of hydrogen-bond acceptors (Lipinski definition) is 4. The van der Waals surface area contributed by atoms with E-state index in [1.165, 1.54) is 40.7 Å². The van der Waals surface area contributed by atoms with Crippen LogP contribution in [0.4, 0.5) is 4.39 Å². The number of benzene rings is 2. The molecular weight excluding hydrogens is 419 g/mol. The maximum Gasteiger partial charge on any atom is 0.251 e. The van der Waals surface area contributed by atoms with Gasteiger partial charge in [-0.15, -0.1) is 0 Å². The van der Waals surface area contributed by atoms with Crippen LogP contribution in [-0.4, -0.2) is 51.5 Å². The summed E-state index contributed by atoms with van der Waals surface area (Å²) < 4.78 is 45.5. The molecule has 8 heteroatoms. The molecule has 2 aromatic carbocycles. The van der Waals surface area contributed by atoms with E-state index in [0.29, 0.717) is 38.4 Å². The molecule has 0 aromatic heterocycles. The number of halogens is 1. The van der Waals surface area contributed by atoms with E-state index in [4.69, 9.17) is 4.74 Å². The van der Waals surface area contributed by atoms with Crippen LogP contribution in [0.2, 0.25) is 0 Å². The van der Waals surface area contributed by atoms with Gasteiger partial charge in [0.25, 0.3) is 5.91 Å². The van der Waals surface area contributed by atoms with Gasteiger partial charge < -0.3 is 10.1 Å². The molecule has 31 heavy (non-hydrogen) atoms. The summed E-state index contributed by atoms with van der Waals surface area (Å²) in [5, 5.41) is 2.98. The summed E-state index contributed by atoms with van der Waals surface area (Å²) >= 11 is 0. The first-order chi connectivity index (χ1) is 14.8. The lowest BCUT2D eigenvalue weighted by Gasteiger charge is -2.38. The zero-order valence-corrected chi connectivity index (χ0v) is 18.8. The number of amides is 1. The van der Waals surface area contributed by atoms with Crippen LogP contribution in [0.5, 0.6) is 0 Å². The number of sulfonamides is 1. The molecule has 6 nitrogen and oxygen atoms in total. The molecule has 1 heterocycles. The first-order valence-corrected chi connectivity index (χ1v) is 12.0. The Labute approximate surface area is 183 Å². The van der Waals surface area contributed by atoms with Crippen molar-refractivity contribution in [2.45, 2.75) is 37.0 Å². The number of carbonyl (C=O) groups is 1. The average Bonchev–Trinajstić information content (AvgIpc) is 2.79. The Balaban J connectivity index is 1.74. The molecule has 1 N–H and O–H groups in total. The molecule has 0 spiro atoms. The summed E-state index contributed by atoms with van der Waals surface area (Å²) in [4.78, 5) is 12.9. The van der Waals surface area contributed by atoms with Gasteiger partial charge in [-0.25, -0.2) is 12.8 Å². The fourth-order valence-corrected chi connectivity index (χ4v) is 5.43. The highest BCUT2D eigenvalue weighted by molar-refractivity contribution is 7.89. The van der Waals surface area contributed by atoms with Gasteiger partial charge in [-0.05, 0) is 54.8 Å². The Morgan fingerprint density at radius 3 is 2.16 bits per heavy atom. The van der Waals surface area contributed by atoms with Crippen LogP contribution in [0.25, 0.3) is 0 Å². The van der Waals surface area contributed by atoms with Gasteiger partial charge >= 0.3 is 0 Å². The van der Waals surface area contributed by atoms with E-state index in [1.807, 2.05) is 0 Å². The van der Waals surface area contributed by atoms with Gasteiger partial charge in [-0.2, -0.15) is 4.31 Å². The number of nitrogens with one attached hydrogen (secondary N) is 1. The van der Waals surface area contributed by atoms with Gasteiger partial charge in [0, 0.05) is 43.8 Å². The number of ether oxygens (including phenoxy) is 1. The predicted octanol–water partition coefficient (Wildman–Crippen LogP) is 3.33. The largest absolute Gasteiger partial charge is 0.381 e. The molecule has 0 aliphatic carbocycles. The molecule has 1 amide bonds. The van der Waals surface area contributed by atoms with Crippen molar-refractivity contribution in [3.05, 3.63) is 65.5 Å². The number of carbonyl (C=O) groups excluding carboxylic acids is 1. The lowest BCUT2D eigenvalue weighted by atomic mass is 9.74. The van der Waals surface area contributed by atoms with E-state index < -0.39 is 10.0 Å². The minimum Gasteiger partial charge on any atom is -0.381 e. The molecule has 168 valence electrons. The number of hydrogen-bond donors (Lipinski definition) is 1. The normalized spacial score (nSPS) is 16.3. The van der Waals surface area contributed by atoms with Crippen LogP contribution >= 0.6 is 0 Å². The lowest BCUT2D eigenvalue weighted by molar-refractivity contribution is 0.0487. The van der Waals surface area contributed by atoms with Crippen LogP contribution in [0, 0.1) is 5.82 Å². The average molecular weight is 449 g/mol. The van der Waals surface area contributed by atoms with Crippen LogP contribution in [0.1, 0.15) is 42.6 Å². The molecule has 0 atom stereocenters. The summed E-state index contributed by atoms with van der Waals surface area (Å²) in [6, 6.07) is 12.4. The first kappa shape index (κ1) is 23.4. The zero-order valence-electron chi connectivity index (χ0n) is 17.9. The zero-order chi connectivity index (χ0) is 22.5. The summed E-state index contributed by atoms with van der Waals surface area (Å²) in [5.74, 6) is -0.575. The second-order valence-corrected chi connectivity index (χ2v) is 9.63. The SMILES string of the molecule is CCN(CC)S(=O)(=O)c1ccc(C(=O)NCC2(c3ccc(F)cc3)CCOCC2)cc1. The van der Waals surface area contributed by atoms with E-state index in [2.05, 4.69) is 5.32 Å². The highest BCUT2D eigenvalue weighted by Crippen LogP contribution is 2.34. The van der Waals surface area contributed by atoms with Crippen LogP contribution in [0.3, 0.4) is 0 Å². The minimum atomic E-state index is -3.57. The molecule has 1 aliphatic rings. The lowest BCUT2D eigenvalue weighted by Crippen LogP contribution is -2.44. The maximum atomic E-state index is 13.4. The monoisotopic (exact) mass is 448 g/mol. The van der Waals surface area contributed by atoms with Gasteiger partial charge in [-0.3, -0.25) is 4.79 Å². The third-order valence-electron chi connectivity index (χ3n) is 5.95. The van der Waals surface area contributed by atoms with Crippen LogP contribution in [-0.2, 0) is 20.2 Å². The Hall–Kier alpha value is -2.29. The molecule has 0 unspecified atom stereocenters. The molecule has 1 fully saturated rings. The van der Waals surface area contributed by atoms with E-state index in [9.17, 15) is 17.6 Å². The van der Waals surface area contributed by atoms with Gasteiger partial charge in [0.05, 0.1) is 4.90 Å². The molecule has 1 saturated heterocycles. The highest BCUT2D eigenvalue weighted by atomic mass is 32.2. The smallest absolute Gasteiger partial charge is 0.251 e. The van der Waals surface area contributed by atoms with Crippen molar-refractivity contribution < 1.29 is 22.3 Å². The first-order valence-electron chi connectivity index (χ1n) is 10.5. The number of rotatable bonds is 8. The second kappa shape index (κ2) is 9.89. The van der Waals surface area contributed by atoms with Crippen molar-refractivity contribution in [1.82, 2.24) is 9.62 Å². The minimum absolute atomic E-state index is 0.167. The Kier molecular flexibility index (Phi) is 7.46. The summed E-state index contributed by atoms with van der Waals surface area (Å²) in [6.45, 7) is 5.88. The quantitative estimate of drug-likeness (QED) is 0.672. The standard InChI is InChI=1S/C23H29FN2O4S/c1-3-26(4-2)31(28,29)21-11-5-18(6-12-21)22(27)25-17-23(13-15-30-16-14-23)19-7-9-20(24)10-8-19/h5-12H,3-4,13-17H2,1-2H3,(H,25,27). The van der Waals surface area contributed by atoms with Crippen molar-refractivity contribution in [2.24, 2.45) is 0 Å². The topological polar surface area (TPSA) is 75.7 Å². The van der Waals surface area contributed by atoms with Gasteiger partial charge in [-0.1, -0.05) is 26.0 Å². The molecular formula is C23H29FN2O4S. The molecule has 0 radical (unpaired) electrons. The molecule has 0 saturated carbocycles. The molecule has 1 aliphatic heterocycles. The second-order valence-electron chi connectivity index (χ2n) is 7.70. The van der Waals surface area contributed by atoms with Gasteiger partial charge in [0.1, 0.15) is 5.82 Å². The van der Waals surface area contributed by atoms with Crippen molar-refractivity contribution in [3.8, 4) is 0 Å². The fraction of sp³-hybridized carbons (Fsp3) is 0.435. The van der Waals surface area contributed by atoms with Crippen molar-refractivity contribution in [3.63, 3.8) is 0 Å². The fourth-order valence-electron chi connectivity index (χ4n) is 3.98. The summed E-state index contributed by atoms with van der Waals surface area (Å²) in [6.07, 6.45) is 1.44.